The molecule has 0 aromatic heterocycles. The molecule has 1 rings (SSSR count). The average Bonchev–Trinajstić information content (AvgIpc) is 2.44. The zero-order valence-corrected chi connectivity index (χ0v) is 14.5. The van der Waals surface area contributed by atoms with Gasteiger partial charge in [-0.1, -0.05) is 12.0 Å². The maximum atomic E-state index is 12.2. The SMILES string of the molecule is C#C[C@H](C[C@@H]1CCN(C(=O)OC(C)(C)C)C[C@@H]1C=C)OC(C)=O. The van der Waals surface area contributed by atoms with E-state index >= 15 is 0 Å². The standard InChI is InChI=1S/C18H27NO4/c1-7-14-12-19(17(21)23-18(4,5)6)10-9-15(14)11-16(8-2)22-13(3)20/h2,7,14-16H,1,9-12H2,3-6H3/t14-,15-,16+/m0/s1. The van der Waals surface area contributed by atoms with Crippen LogP contribution in [0, 0.1) is 24.2 Å². The van der Waals surface area contributed by atoms with Crippen molar-refractivity contribution in [1.29, 1.82) is 0 Å². The van der Waals surface area contributed by atoms with Crippen molar-refractivity contribution in [3.63, 3.8) is 0 Å². The van der Waals surface area contributed by atoms with Gasteiger partial charge in [0.2, 0.25) is 0 Å². The van der Waals surface area contributed by atoms with Crippen LogP contribution in [0.1, 0.15) is 40.5 Å². The Morgan fingerprint density at radius 2 is 2.13 bits per heavy atom. The van der Waals surface area contributed by atoms with Crippen LogP contribution in [0.4, 0.5) is 4.79 Å². The molecule has 0 unspecified atom stereocenters. The lowest BCUT2D eigenvalue weighted by Crippen LogP contribution is -2.46. The van der Waals surface area contributed by atoms with Gasteiger partial charge in [-0.2, -0.15) is 0 Å². The second-order valence-corrected chi connectivity index (χ2v) is 6.88. The van der Waals surface area contributed by atoms with Crippen molar-refractivity contribution in [1.82, 2.24) is 4.90 Å². The number of hydrogen-bond acceptors (Lipinski definition) is 4. The zero-order valence-electron chi connectivity index (χ0n) is 14.5. The van der Waals surface area contributed by atoms with Gasteiger partial charge >= 0.3 is 12.1 Å². The van der Waals surface area contributed by atoms with E-state index in [1.165, 1.54) is 6.92 Å². The molecule has 1 fully saturated rings. The average molecular weight is 321 g/mol. The summed E-state index contributed by atoms with van der Waals surface area (Å²) in [5.41, 5.74) is -0.512. The number of terminal acetylenes is 1. The van der Waals surface area contributed by atoms with Gasteiger partial charge in [0, 0.05) is 20.0 Å². The quantitative estimate of drug-likeness (QED) is 0.454. The minimum absolute atomic E-state index is 0.0997. The normalized spacial score (nSPS) is 22.7. The topological polar surface area (TPSA) is 55.8 Å². The number of esters is 1. The van der Waals surface area contributed by atoms with Gasteiger partial charge in [0.1, 0.15) is 5.60 Å². The Morgan fingerprint density at radius 1 is 1.48 bits per heavy atom. The molecule has 5 nitrogen and oxygen atoms in total. The van der Waals surface area contributed by atoms with Crippen LogP contribution in [0.15, 0.2) is 12.7 Å². The Morgan fingerprint density at radius 3 is 2.61 bits per heavy atom. The Hall–Kier alpha value is -1.96. The molecule has 0 bridgehead atoms. The number of rotatable bonds is 4. The van der Waals surface area contributed by atoms with Crippen LogP contribution in [0.2, 0.25) is 0 Å². The van der Waals surface area contributed by atoms with E-state index < -0.39 is 11.7 Å². The molecule has 1 heterocycles. The van der Waals surface area contributed by atoms with Crippen LogP contribution >= 0.6 is 0 Å². The summed E-state index contributed by atoms with van der Waals surface area (Å²) in [6, 6.07) is 0. The van der Waals surface area contributed by atoms with Crippen molar-refractivity contribution >= 4 is 12.1 Å². The fourth-order valence-electron chi connectivity index (χ4n) is 2.71. The van der Waals surface area contributed by atoms with Gasteiger partial charge in [-0.3, -0.25) is 4.79 Å². The van der Waals surface area contributed by atoms with Crippen LogP contribution in [-0.2, 0) is 14.3 Å². The monoisotopic (exact) mass is 321 g/mol. The molecule has 5 heteroatoms. The number of hydrogen-bond donors (Lipinski definition) is 0. The van der Waals surface area contributed by atoms with Gasteiger partial charge in [0.05, 0.1) is 0 Å². The first-order valence-electron chi connectivity index (χ1n) is 7.90. The number of piperidine rings is 1. The number of ether oxygens (including phenoxy) is 2. The molecule has 1 saturated heterocycles. The summed E-state index contributed by atoms with van der Waals surface area (Å²) in [5.74, 6) is 2.46. The lowest BCUT2D eigenvalue weighted by atomic mass is 9.82. The Bertz CT molecular complexity index is 486. The van der Waals surface area contributed by atoms with Crippen molar-refractivity contribution < 1.29 is 19.1 Å². The van der Waals surface area contributed by atoms with Crippen LogP contribution in [0.3, 0.4) is 0 Å². The van der Waals surface area contributed by atoms with E-state index in [9.17, 15) is 9.59 Å². The van der Waals surface area contributed by atoms with Crippen molar-refractivity contribution in [3.05, 3.63) is 12.7 Å². The van der Waals surface area contributed by atoms with Crippen LogP contribution in [-0.4, -0.2) is 41.8 Å². The number of carbonyl (C=O) groups is 2. The van der Waals surface area contributed by atoms with Gasteiger partial charge in [-0.25, -0.2) is 4.79 Å². The van der Waals surface area contributed by atoms with Crippen molar-refractivity contribution in [2.24, 2.45) is 11.8 Å². The molecule has 1 aliphatic rings. The molecule has 23 heavy (non-hydrogen) atoms. The predicted molar refractivity (Wildman–Crippen MR) is 88.6 cm³/mol. The Labute approximate surface area is 139 Å². The third-order valence-corrected chi connectivity index (χ3v) is 3.77. The number of likely N-dealkylation sites (tertiary alicyclic amines) is 1. The van der Waals surface area contributed by atoms with Crippen LogP contribution < -0.4 is 0 Å². The highest BCUT2D eigenvalue weighted by molar-refractivity contribution is 5.68. The summed E-state index contributed by atoms with van der Waals surface area (Å²) in [6.07, 6.45) is 7.78. The molecule has 0 N–H and O–H groups in total. The predicted octanol–water partition coefficient (Wildman–Crippen LogP) is 3.00. The summed E-state index contributed by atoms with van der Waals surface area (Å²) in [4.78, 5) is 24.9. The summed E-state index contributed by atoms with van der Waals surface area (Å²) < 4.78 is 10.5. The third kappa shape index (κ3) is 6.35. The molecular weight excluding hydrogens is 294 g/mol. The minimum atomic E-state index is -0.534. The van der Waals surface area contributed by atoms with Crippen LogP contribution in [0.5, 0.6) is 0 Å². The molecule has 0 aliphatic carbocycles. The molecule has 128 valence electrons. The first-order chi connectivity index (χ1) is 10.7. The Kier molecular flexibility index (Phi) is 6.68. The maximum absolute atomic E-state index is 12.2. The lowest BCUT2D eigenvalue weighted by molar-refractivity contribution is -0.144. The van der Waals surface area contributed by atoms with Crippen molar-refractivity contribution in [2.75, 3.05) is 13.1 Å². The highest BCUT2D eigenvalue weighted by atomic mass is 16.6. The van der Waals surface area contributed by atoms with Gasteiger partial charge < -0.3 is 14.4 Å². The van der Waals surface area contributed by atoms with Gasteiger partial charge in [0.25, 0.3) is 0 Å². The van der Waals surface area contributed by atoms with Gasteiger partial charge in [-0.15, -0.1) is 13.0 Å². The Balaban J connectivity index is 2.65. The van der Waals surface area contributed by atoms with Crippen molar-refractivity contribution in [3.8, 4) is 12.3 Å². The van der Waals surface area contributed by atoms with E-state index in [2.05, 4.69) is 12.5 Å². The first kappa shape index (κ1) is 19.1. The third-order valence-electron chi connectivity index (χ3n) is 3.77. The molecule has 1 aliphatic heterocycles. The fourth-order valence-corrected chi connectivity index (χ4v) is 2.71. The highest BCUT2D eigenvalue weighted by Crippen LogP contribution is 2.30. The van der Waals surface area contributed by atoms with Gasteiger partial charge in [0.15, 0.2) is 6.10 Å². The summed E-state index contributed by atoms with van der Waals surface area (Å²) in [6.45, 7) is 11.9. The van der Waals surface area contributed by atoms with E-state index in [1.54, 1.807) is 4.90 Å². The second kappa shape index (κ2) is 8.05. The molecule has 1 amide bonds. The summed E-state index contributed by atoms with van der Waals surface area (Å²) in [7, 11) is 0. The number of carbonyl (C=O) groups excluding carboxylic acids is 2. The second-order valence-electron chi connectivity index (χ2n) is 6.88. The van der Waals surface area contributed by atoms with Crippen LogP contribution in [0.25, 0.3) is 0 Å². The molecule has 3 atom stereocenters. The molecular formula is C18H27NO4. The summed E-state index contributed by atoms with van der Waals surface area (Å²) in [5, 5.41) is 0. The largest absolute Gasteiger partial charge is 0.449 e. The molecule has 0 aromatic rings. The molecule has 0 saturated carbocycles. The molecule has 0 aromatic carbocycles. The van der Waals surface area contributed by atoms with E-state index in [0.29, 0.717) is 19.5 Å². The van der Waals surface area contributed by atoms with Crippen molar-refractivity contribution in [2.45, 2.75) is 52.2 Å². The minimum Gasteiger partial charge on any atom is -0.449 e. The van der Waals surface area contributed by atoms with Gasteiger partial charge in [-0.05, 0) is 45.4 Å². The van der Waals surface area contributed by atoms with E-state index in [0.717, 1.165) is 6.42 Å². The first-order valence-corrected chi connectivity index (χ1v) is 7.90. The highest BCUT2D eigenvalue weighted by Gasteiger charge is 2.33. The van der Waals surface area contributed by atoms with E-state index in [1.807, 2.05) is 26.8 Å². The number of nitrogens with zero attached hydrogens (tertiary/aromatic N) is 1. The maximum Gasteiger partial charge on any atom is 0.410 e. The fraction of sp³-hybridized carbons (Fsp3) is 0.667. The summed E-state index contributed by atoms with van der Waals surface area (Å²) >= 11 is 0. The van der Waals surface area contributed by atoms with E-state index in [4.69, 9.17) is 15.9 Å². The molecule has 0 radical (unpaired) electrons. The lowest BCUT2D eigenvalue weighted by Gasteiger charge is -2.38. The smallest absolute Gasteiger partial charge is 0.410 e. The zero-order chi connectivity index (χ0) is 17.6. The molecule has 0 spiro atoms. The number of amides is 1. The van der Waals surface area contributed by atoms with E-state index in [-0.39, 0.29) is 23.9 Å².